The van der Waals surface area contributed by atoms with Gasteiger partial charge in [0.25, 0.3) is 0 Å². The third-order valence-electron chi connectivity index (χ3n) is 1.26. The molecule has 0 atom stereocenters. The number of hydrogen-bond acceptors (Lipinski definition) is 4. The maximum Gasteiger partial charge on any atom is 0.167 e. The van der Waals surface area contributed by atoms with Crippen molar-refractivity contribution in [3.8, 4) is 5.75 Å². The number of nitrogens with two attached hydrogens (primary N) is 1. The molecule has 0 radical (unpaired) electrons. The highest BCUT2D eigenvalue weighted by Gasteiger charge is 1.99. The maximum absolute atomic E-state index is 12.6. The van der Waals surface area contributed by atoms with Crippen LogP contribution in [0.2, 0.25) is 0 Å². The number of ether oxygens (including phenoxy) is 1. The van der Waals surface area contributed by atoms with Gasteiger partial charge in [-0.25, -0.2) is 4.39 Å². The molecule has 0 spiro atoms. The molecule has 4 nitrogen and oxygen atoms in total. The molecule has 104 valence electrons. The topological polar surface area (TPSA) is 83.0 Å². The Kier molecular flexibility index (Phi) is 20.8. The van der Waals surface area contributed by atoms with Gasteiger partial charge in [0, 0.05) is 24.2 Å². The van der Waals surface area contributed by atoms with Gasteiger partial charge in [-0.3, -0.25) is 0 Å². The molecule has 0 unspecified atom stereocenters. The van der Waals surface area contributed by atoms with Crippen molar-refractivity contribution in [1.82, 2.24) is 0 Å². The number of halogens is 1. The van der Waals surface area contributed by atoms with E-state index in [0.717, 1.165) is 12.4 Å². The van der Waals surface area contributed by atoms with Gasteiger partial charge in [-0.05, 0) is 12.1 Å². The predicted molar refractivity (Wildman–Crippen MR) is 77.6 cm³/mol. The molecule has 1 aromatic rings. The van der Waals surface area contributed by atoms with Crippen LogP contribution in [-0.2, 0) is 0 Å². The lowest BCUT2D eigenvalue weighted by Gasteiger charge is -2.00. The van der Waals surface area contributed by atoms with E-state index in [1.54, 1.807) is 6.07 Å². The van der Waals surface area contributed by atoms with Crippen molar-refractivity contribution < 1.29 is 9.13 Å². The number of nitrogens with one attached hydrogen (secondary N) is 2. The summed E-state index contributed by atoms with van der Waals surface area (Å²) >= 11 is 0. The van der Waals surface area contributed by atoms with Crippen LogP contribution >= 0.6 is 0 Å². The Morgan fingerprint density at radius 1 is 1.11 bits per heavy atom. The molecule has 18 heavy (non-hydrogen) atoms. The lowest BCUT2D eigenvalue weighted by atomic mass is 10.3. The third-order valence-corrected chi connectivity index (χ3v) is 1.26. The Morgan fingerprint density at radius 2 is 1.56 bits per heavy atom. The third kappa shape index (κ3) is 12.2. The van der Waals surface area contributed by atoms with Crippen LogP contribution in [0, 0.1) is 16.6 Å². The molecule has 0 aliphatic heterocycles. The summed E-state index contributed by atoms with van der Waals surface area (Å²) in [5.41, 5.74) is 5.69. The minimum Gasteiger partial charge on any atom is -0.494 e. The second kappa shape index (κ2) is 17.5. The summed E-state index contributed by atoms with van der Waals surface area (Å²) in [6.07, 6.45) is 1.83. The quantitative estimate of drug-likeness (QED) is 0.557. The number of anilines is 1. The minimum absolute atomic E-state index is 0.217. The number of methoxy groups -OCH3 is 1. The van der Waals surface area contributed by atoms with E-state index in [4.69, 9.17) is 16.6 Å². The van der Waals surface area contributed by atoms with Crippen molar-refractivity contribution in [2.45, 2.75) is 27.7 Å². The molecular weight excluding hydrogens is 233 g/mol. The summed E-state index contributed by atoms with van der Waals surface area (Å²) in [6.45, 7) is 8.00. The van der Waals surface area contributed by atoms with Crippen molar-refractivity contribution in [2.75, 3.05) is 12.8 Å². The van der Waals surface area contributed by atoms with Gasteiger partial charge in [0.05, 0.1) is 7.11 Å². The molecule has 0 saturated heterocycles. The smallest absolute Gasteiger partial charge is 0.167 e. The lowest BCUT2D eigenvalue weighted by molar-refractivity contribution is 0.387. The van der Waals surface area contributed by atoms with Crippen LogP contribution in [0.3, 0.4) is 0 Å². The number of nitrogen functional groups attached to an aromatic ring is 1. The standard InChI is InChI=1S/C7H8FNO.C2H4N2.2C2H6/c1-10-7-3-2-5(9)4-6(7)8;3-1-2-4;2*1-2/h2-4H,9H2,1H3;1-4H;2*1-2H3. The largest absolute Gasteiger partial charge is 0.494 e. The average Bonchev–Trinajstić information content (AvgIpc) is 2.44. The molecule has 0 amide bonds. The normalized spacial score (nSPS) is 7.00. The molecule has 1 rings (SSSR count). The van der Waals surface area contributed by atoms with E-state index in [9.17, 15) is 4.39 Å². The van der Waals surface area contributed by atoms with Gasteiger partial charge < -0.3 is 21.3 Å². The Labute approximate surface area is 109 Å². The maximum atomic E-state index is 12.6. The van der Waals surface area contributed by atoms with E-state index in [1.165, 1.54) is 19.2 Å². The summed E-state index contributed by atoms with van der Waals surface area (Å²) in [6, 6.07) is 4.30. The van der Waals surface area contributed by atoms with Crippen LogP contribution in [0.15, 0.2) is 18.2 Å². The Bertz CT molecular complexity index is 311. The van der Waals surface area contributed by atoms with E-state index < -0.39 is 5.82 Å². The van der Waals surface area contributed by atoms with Gasteiger partial charge in [0.15, 0.2) is 11.6 Å². The molecular formula is C13H24FN3O. The predicted octanol–water partition coefficient (Wildman–Crippen LogP) is 3.75. The minimum atomic E-state index is -0.428. The van der Waals surface area contributed by atoms with E-state index >= 15 is 0 Å². The molecule has 0 fully saturated rings. The first kappa shape index (κ1) is 21.4. The van der Waals surface area contributed by atoms with Crippen molar-refractivity contribution in [2.24, 2.45) is 0 Å². The highest BCUT2D eigenvalue weighted by Crippen LogP contribution is 2.18. The van der Waals surface area contributed by atoms with Crippen molar-refractivity contribution >= 4 is 18.1 Å². The van der Waals surface area contributed by atoms with Crippen molar-refractivity contribution in [3.05, 3.63) is 24.0 Å². The van der Waals surface area contributed by atoms with Crippen LogP contribution in [0.5, 0.6) is 5.75 Å². The zero-order chi connectivity index (χ0) is 15.0. The van der Waals surface area contributed by atoms with Crippen LogP contribution in [0.25, 0.3) is 0 Å². The molecule has 0 aromatic heterocycles. The van der Waals surface area contributed by atoms with Gasteiger partial charge in [-0.2, -0.15) is 0 Å². The fraction of sp³-hybridized carbons (Fsp3) is 0.385. The van der Waals surface area contributed by atoms with E-state index in [-0.39, 0.29) is 5.75 Å². The summed E-state index contributed by atoms with van der Waals surface area (Å²) < 4.78 is 17.3. The molecule has 0 aliphatic carbocycles. The van der Waals surface area contributed by atoms with Crippen LogP contribution in [0.4, 0.5) is 10.1 Å². The number of rotatable bonds is 2. The summed E-state index contributed by atoms with van der Waals surface area (Å²) in [5, 5.41) is 12.2. The first-order valence-corrected chi connectivity index (χ1v) is 5.74. The Morgan fingerprint density at radius 3 is 1.83 bits per heavy atom. The van der Waals surface area contributed by atoms with Gasteiger partial charge in [0.1, 0.15) is 0 Å². The fourth-order valence-corrected chi connectivity index (χ4v) is 0.683. The summed E-state index contributed by atoms with van der Waals surface area (Å²) in [7, 11) is 1.41. The molecule has 0 bridgehead atoms. The van der Waals surface area contributed by atoms with E-state index in [2.05, 4.69) is 4.74 Å². The SMILES string of the molecule is CC.CC.COc1ccc(N)cc1F.N=CC=N. The summed E-state index contributed by atoms with van der Waals surface area (Å²) in [4.78, 5) is 0. The monoisotopic (exact) mass is 257 g/mol. The molecule has 1 aromatic carbocycles. The van der Waals surface area contributed by atoms with Crippen LogP contribution < -0.4 is 10.5 Å². The zero-order valence-corrected chi connectivity index (χ0v) is 11.8. The van der Waals surface area contributed by atoms with Crippen molar-refractivity contribution in [1.29, 1.82) is 10.8 Å². The van der Waals surface area contributed by atoms with Crippen molar-refractivity contribution in [3.63, 3.8) is 0 Å². The van der Waals surface area contributed by atoms with E-state index in [1.807, 2.05) is 27.7 Å². The van der Waals surface area contributed by atoms with Gasteiger partial charge >= 0.3 is 0 Å². The number of benzene rings is 1. The second-order valence-corrected chi connectivity index (χ2v) is 2.23. The highest BCUT2D eigenvalue weighted by atomic mass is 19.1. The fourth-order valence-electron chi connectivity index (χ4n) is 0.683. The Balaban J connectivity index is -0.000000238. The van der Waals surface area contributed by atoms with Crippen LogP contribution in [0.1, 0.15) is 27.7 Å². The molecule has 0 saturated carbocycles. The zero-order valence-electron chi connectivity index (χ0n) is 11.8. The van der Waals surface area contributed by atoms with Gasteiger partial charge in [-0.15, -0.1) is 0 Å². The molecule has 4 N–H and O–H groups in total. The van der Waals surface area contributed by atoms with Crippen LogP contribution in [-0.4, -0.2) is 19.5 Å². The van der Waals surface area contributed by atoms with E-state index in [0.29, 0.717) is 5.69 Å². The molecule has 5 heteroatoms. The van der Waals surface area contributed by atoms with Gasteiger partial charge in [-0.1, -0.05) is 27.7 Å². The second-order valence-electron chi connectivity index (χ2n) is 2.23. The summed E-state index contributed by atoms with van der Waals surface area (Å²) in [5.74, 6) is -0.211. The first-order valence-electron chi connectivity index (χ1n) is 5.74. The number of hydrogen-bond donors (Lipinski definition) is 3. The molecule has 0 heterocycles. The Hall–Kier alpha value is -1.91. The average molecular weight is 257 g/mol. The highest BCUT2D eigenvalue weighted by molar-refractivity contribution is 6.12. The lowest BCUT2D eigenvalue weighted by Crippen LogP contribution is -1.90. The first-order chi connectivity index (χ1) is 8.65. The van der Waals surface area contributed by atoms with Gasteiger partial charge in [0.2, 0.25) is 0 Å². The molecule has 0 aliphatic rings.